The summed E-state index contributed by atoms with van der Waals surface area (Å²) in [4.78, 5) is 11.7. The molecule has 4 nitrogen and oxygen atoms in total. The van der Waals surface area contributed by atoms with Gasteiger partial charge in [0.05, 0.1) is 18.3 Å². The Morgan fingerprint density at radius 2 is 2.35 bits per heavy atom. The van der Waals surface area contributed by atoms with Gasteiger partial charge in [-0.3, -0.25) is 0 Å². The number of anilines is 1. The van der Waals surface area contributed by atoms with Gasteiger partial charge in [0, 0.05) is 15.2 Å². The second-order valence-corrected chi connectivity index (χ2v) is 5.38. The highest BCUT2D eigenvalue weighted by molar-refractivity contribution is 14.1. The molecule has 17 heavy (non-hydrogen) atoms. The molecule has 1 aliphatic rings. The van der Waals surface area contributed by atoms with Gasteiger partial charge in [0.2, 0.25) is 0 Å². The molecular formula is C11H12ClIN2O2. The summed E-state index contributed by atoms with van der Waals surface area (Å²) in [6.45, 7) is 1.30. The number of carbonyl (C=O) groups excluding carboxylic acids is 1. The van der Waals surface area contributed by atoms with Gasteiger partial charge in [-0.2, -0.15) is 0 Å². The monoisotopic (exact) mass is 366 g/mol. The first-order valence-electron chi connectivity index (χ1n) is 5.25. The summed E-state index contributed by atoms with van der Waals surface area (Å²) in [7, 11) is 0. The number of hydrogen-bond donors (Lipinski definition) is 2. The number of hydrogen-bond acceptors (Lipinski definition) is 2. The van der Waals surface area contributed by atoms with Gasteiger partial charge in [-0.1, -0.05) is 11.6 Å². The molecule has 1 unspecified atom stereocenters. The first-order chi connectivity index (χ1) is 8.15. The molecule has 6 heteroatoms. The standard InChI is InChI=1S/C11H12ClIN2O2/c12-7-1-2-10(9(13)5-7)15-11(16)14-8-3-4-17-6-8/h1-2,5,8H,3-4,6H2,(H2,14,15,16). The second-order valence-electron chi connectivity index (χ2n) is 3.78. The molecule has 0 spiro atoms. The molecule has 0 aliphatic carbocycles. The Morgan fingerprint density at radius 3 is 3.00 bits per heavy atom. The molecule has 1 aliphatic heterocycles. The van der Waals surface area contributed by atoms with E-state index in [1.807, 2.05) is 0 Å². The predicted molar refractivity (Wildman–Crippen MR) is 75.5 cm³/mol. The fourth-order valence-electron chi connectivity index (χ4n) is 1.58. The number of rotatable bonds is 2. The summed E-state index contributed by atoms with van der Waals surface area (Å²) in [5.41, 5.74) is 0.756. The molecule has 1 fully saturated rings. The average Bonchev–Trinajstić information content (AvgIpc) is 2.75. The van der Waals surface area contributed by atoms with Crippen LogP contribution in [0.15, 0.2) is 18.2 Å². The number of urea groups is 1. The SMILES string of the molecule is O=C(Nc1ccc(Cl)cc1I)NC1CCOC1. The quantitative estimate of drug-likeness (QED) is 0.791. The largest absolute Gasteiger partial charge is 0.379 e. The number of carbonyl (C=O) groups is 1. The van der Waals surface area contributed by atoms with E-state index in [2.05, 4.69) is 33.2 Å². The molecule has 92 valence electrons. The second kappa shape index (κ2) is 5.88. The van der Waals surface area contributed by atoms with E-state index < -0.39 is 0 Å². The van der Waals surface area contributed by atoms with Gasteiger partial charge in [-0.15, -0.1) is 0 Å². The number of benzene rings is 1. The van der Waals surface area contributed by atoms with Crippen molar-refractivity contribution in [1.82, 2.24) is 5.32 Å². The molecule has 1 saturated heterocycles. The van der Waals surface area contributed by atoms with Crippen molar-refractivity contribution in [3.05, 3.63) is 26.8 Å². The van der Waals surface area contributed by atoms with Gasteiger partial charge in [0.25, 0.3) is 0 Å². The van der Waals surface area contributed by atoms with Crippen LogP contribution >= 0.6 is 34.2 Å². The minimum Gasteiger partial charge on any atom is -0.379 e. The van der Waals surface area contributed by atoms with Crippen molar-refractivity contribution in [1.29, 1.82) is 0 Å². The fraction of sp³-hybridized carbons (Fsp3) is 0.364. The highest BCUT2D eigenvalue weighted by atomic mass is 127. The fourth-order valence-corrected chi connectivity index (χ4v) is 2.59. The van der Waals surface area contributed by atoms with Crippen LogP contribution in [0.2, 0.25) is 5.02 Å². The normalized spacial score (nSPS) is 19.1. The predicted octanol–water partition coefficient (Wildman–Crippen LogP) is 2.86. The zero-order valence-corrected chi connectivity index (χ0v) is 11.9. The number of halogens is 2. The van der Waals surface area contributed by atoms with E-state index in [0.29, 0.717) is 18.2 Å². The van der Waals surface area contributed by atoms with Crippen LogP contribution in [0, 0.1) is 3.57 Å². The lowest BCUT2D eigenvalue weighted by atomic mass is 10.3. The number of ether oxygens (including phenoxy) is 1. The minimum atomic E-state index is -0.208. The van der Waals surface area contributed by atoms with Gasteiger partial charge >= 0.3 is 6.03 Å². The third-order valence-corrected chi connectivity index (χ3v) is 3.57. The Labute approximate surface area is 118 Å². The molecule has 1 heterocycles. The Morgan fingerprint density at radius 1 is 1.53 bits per heavy atom. The lowest BCUT2D eigenvalue weighted by Crippen LogP contribution is -2.38. The first-order valence-corrected chi connectivity index (χ1v) is 6.71. The van der Waals surface area contributed by atoms with Gasteiger partial charge in [-0.25, -0.2) is 4.79 Å². The molecule has 0 saturated carbocycles. The summed E-state index contributed by atoms with van der Waals surface area (Å²) >= 11 is 7.97. The van der Waals surface area contributed by atoms with Crippen LogP contribution < -0.4 is 10.6 Å². The molecular weight excluding hydrogens is 354 g/mol. The average molecular weight is 367 g/mol. The van der Waals surface area contributed by atoms with Crippen LogP contribution in [0.4, 0.5) is 10.5 Å². The molecule has 1 atom stereocenters. The van der Waals surface area contributed by atoms with Gasteiger partial charge in [0.15, 0.2) is 0 Å². The van der Waals surface area contributed by atoms with Crippen LogP contribution in [0.5, 0.6) is 0 Å². The molecule has 0 bridgehead atoms. The third kappa shape index (κ3) is 3.72. The van der Waals surface area contributed by atoms with E-state index in [-0.39, 0.29) is 12.1 Å². The first kappa shape index (κ1) is 12.9. The van der Waals surface area contributed by atoms with Crippen molar-refractivity contribution in [2.75, 3.05) is 18.5 Å². The Bertz CT molecular complexity index is 422. The molecule has 2 N–H and O–H groups in total. The minimum absolute atomic E-state index is 0.111. The van der Waals surface area contributed by atoms with Crippen molar-refractivity contribution in [3.8, 4) is 0 Å². The van der Waals surface area contributed by atoms with Crippen molar-refractivity contribution in [2.24, 2.45) is 0 Å². The number of nitrogens with one attached hydrogen (secondary N) is 2. The molecule has 1 aromatic rings. The smallest absolute Gasteiger partial charge is 0.319 e. The zero-order valence-electron chi connectivity index (χ0n) is 9.00. The highest BCUT2D eigenvalue weighted by Gasteiger charge is 2.17. The topological polar surface area (TPSA) is 50.4 Å². The maximum Gasteiger partial charge on any atom is 0.319 e. The molecule has 2 rings (SSSR count). The molecule has 1 aromatic carbocycles. The Balaban J connectivity index is 1.93. The van der Waals surface area contributed by atoms with Crippen LogP contribution in [0.1, 0.15) is 6.42 Å². The van der Waals surface area contributed by atoms with E-state index in [4.69, 9.17) is 16.3 Å². The van der Waals surface area contributed by atoms with Crippen LogP contribution in [-0.4, -0.2) is 25.3 Å². The summed E-state index contributed by atoms with van der Waals surface area (Å²) < 4.78 is 6.10. The van der Waals surface area contributed by atoms with E-state index in [1.54, 1.807) is 18.2 Å². The molecule has 0 aromatic heterocycles. The number of amides is 2. The molecule has 2 amide bonds. The van der Waals surface area contributed by atoms with Crippen molar-refractivity contribution < 1.29 is 9.53 Å². The van der Waals surface area contributed by atoms with Crippen LogP contribution in [-0.2, 0) is 4.74 Å². The van der Waals surface area contributed by atoms with Crippen LogP contribution in [0.25, 0.3) is 0 Å². The van der Waals surface area contributed by atoms with Crippen molar-refractivity contribution >= 4 is 45.9 Å². The lowest BCUT2D eigenvalue weighted by molar-refractivity contribution is 0.189. The Kier molecular flexibility index (Phi) is 4.47. The molecule has 0 radical (unpaired) electrons. The van der Waals surface area contributed by atoms with Crippen molar-refractivity contribution in [3.63, 3.8) is 0 Å². The van der Waals surface area contributed by atoms with E-state index >= 15 is 0 Å². The van der Waals surface area contributed by atoms with Gasteiger partial charge in [0.1, 0.15) is 0 Å². The summed E-state index contributed by atoms with van der Waals surface area (Å²) in [6.07, 6.45) is 0.866. The third-order valence-electron chi connectivity index (χ3n) is 2.44. The zero-order chi connectivity index (χ0) is 12.3. The Hall–Kier alpha value is -0.530. The van der Waals surface area contributed by atoms with E-state index in [1.165, 1.54) is 0 Å². The van der Waals surface area contributed by atoms with Crippen LogP contribution in [0.3, 0.4) is 0 Å². The summed E-state index contributed by atoms with van der Waals surface area (Å²) in [5, 5.41) is 6.31. The van der Waals surface area contributed by atoms with Gasteiger partial charge < -0.3 is 15.4 Å². The summed E-state index contributed by atoms with van der Waals surface area (Å²) in [5.74, 6) is 0. The summed E-state index contributed by atoms with van der Waals surface area (Å²) in [6, 6.07) is 5.24. The van der Waals surface area contributed by atoms with Gasteiger partial charge in [-0.05, 0) is 47.2 Å². The van der Waals surface area contributed by atoms with E-state index in [0.717, 1.165) is 15.7 Å². The maximum absolute atomic E-state index is 11.7. The maximum atomic E-state index is 11.7. The van der Waals surface area contributed by atoms with Crippen molar-refractivity contribution in [2.45, 2.75) is 12.5 Å². The lowest BCUT2D eigenvalue weighted by Gasteiger charge is -2.12. The highest BCUT2D eigenvalue weighted by Crippen LogP contribution is 2.22. The van der Waals surface area contributed by atoms with E-state index in [9.17, 15) is 4.79 Å².